The molecule has 13 aromatic carbocycles. The fraction of sp³-hybridized carbons (Fsp3) is 0. The van der Waals surface area contributed by atoms with Crippen molar-refractivity contribution in [3.63, 3.8) is 0 Å². The lowest BCUT2D eigenvalue weighted by Gasteiger charge is -2.28. The second-order valence-electron chi connectivity index (χ2n) is 20.2. The summed E-state index contributed by atoms with van der Waals surface area (Å²) >= 11 is 0. The first-order valence-corrected chi connectivity index (χ1v) is 26.6. The van der Waals surface area contributed by atoms with Crippen LogP contribution in [0.2, 0.25) is 0 Å². The molecule has 78 heavy (non-hydrogen) atoms. The molecule has 0 unspecified atom stereocenters. The fourth-order valence-corrected chi connectivity index (χ4v) is 12.4. The minimum atomic E-state index is 0.793. The lowest BCUT2D eigenvalue weighted by molar-refractivity contribution is 0.674. The van der Waals surface area contributed by atoms with Crippen LogP contribution in [0.4, 0.5) is 17.1 Å². The predicted octanol–water partition coefficient (Wildman–Crippen LogP) is 20.0. The van der Waals surface area contributed by atoms with Gasteiger partial charge in [0.15, 0.2) is 5.58 Å². The van der Waals surface area contributed by atoms with Gasteiger partial charge in [-0.15, -0.1) is 0 Å². The lowest BCUT2D eigenvalue weighted by atomic mass is 9.93. The second kappa shape index (κ2) is 17.6. The van der Waals surface area contributed by atoms with E-state index in [2.05, 4.69) is 293 Å². The van der Waals surface area contributed by atoms with Gasteiger partial charge in [-0.1, -0.05) is 200 Å². The number of rotatable bonds is 8. The number of furan rings is 1. The van der Waals surface area contributed by atoms with Crippen LogP contribution in [0.5, 0.6) is 0 Å². The van der Waals surface area contributed by atoms with Crippen LogP contribution >= 0.6 is 0 Å². The molecule has 5 nitrogen and oxygen atoms in total. The van der Waals surface area contributed by atoms with Gasteiger partial charge < -0.3 is 9.32 Å². The number of nitrogens with zero attached hydrogens (tertiary/aromatic N) is 4. The van der Waals surface area contributed by atoms with E-state index < -0.39 is 0 Å². The minimum Gasteiger partial charge on any atom is -0.453 e. The summed E-state index contributed by atoms with van der Waals surface area (Å²) in [5.41, 5.74) is 16.8. The Labute approximate surface area is 449 Å². The Morgan fingerprint density at radius 3 is 1.64 bits per heavy atom. The van der Waals surface area contributed by atoms with E-state index in [4.69, 9.17) is 9.40 Å². The first-order valence-electron chi connectivity index (χ1n) is 26.6. The van der Waals surface area contributed by atoms with Gasteiger partial charge in [0.2, 0.25) is 5.95 Å². The van der Waals surface area contributed by atoms with E-state index in [9.17, 15) is 0 Å². The molecule has 3 aromatic heterocycles. The first-order chi connectivity index (χ1) is 38.7. The molecule has 0 saturated carbocycles. The molecular formula is C73H46N4O. The van der Waals surface area contributed by atoms with Gasteiger partial charge >= 0.3 is 0 Å². The summed E-state index contributed by atoms with van der Waals surface area (Å²) in [6.07, 6.45) is 0. The molecule has 16 rings (SSSR count). The third-order valence-electron chi connectivity index (χ3n) is 15.9. The van der Waals surface area contributed by atoms with Crippen molar-refractivity contribution in [1.29, 1.82) is 0 Å². The predicted molar refractivity (Wildman–Crippen MR) is 326 cm³/mol. The van der Waals surface area contributed by atoms with Crippen LogP contribution in [-0.2, 0) is 0 Å². The number of anilines is 3. The van der Waals surface area contributed by atoms with Gasteiger partial charge in [-0.25, -0.2) is 4.98 Å². The van der Waals surface area contributed by atoms with Crippen molar-refractivity contribution in [1.82, 2.24) is 14.1 Å². The largest absolute Gasteiger partial charge is 0.453 e. The van der Waals surface area contributed by atoms with Crippen LogP contribution in [0.1, 0.15) is 0 Å². The maximum absolute atomic E-state index is 7.48. The molecule has 0 radical (unpaired) electrons. The van der Waals surface area contributed by atoms with E-state index in [0.717, 1.165) is 117 Å². The van der Waals surface area contributed by atoms with Gasteiger partial charge in [0, 0.05) is 49.6 Å². The topological polar surface area (TPSA) is 39.1 Å². The summed E-state index contributed by atoms with van der Waals surface area (Å²) in [7, 11) is 0. The van der Waals surface area contributed by atoms with Gasteiger partial charge in [-0.3, -0.25) is 9.13 Å². The highest BCUT2D eigenvalue weighted by Gasteiger charge is 2.26. The Balaban J connectivity index is 0.917. The van der Waals surface area contributed by atoms with Gasteiger partial charge in [0.25, 0.3) is 0 Å². The van der Waals surface area contributed by atoms with Crippen molar-refractivity contribution in [3.05, 3.63) is 279 Å². The molecule has 0 bridgehead atoms. The summed E-state index contributed by atoms with van der Waals surface area (Å²) in [5, 5.41) is 11.5. The first kappa shape index (κ1) is 43.9. The minimum absolute atomic E-state index is 0.793. The maximum Gasteiger partial charge on any atom is 0.220 e. The van der Waals surface area contributed by atoms with E-state index in [1.165, 1.54) is 32.5 Å². The zero-order valence-electron chi connectivity index (χ0n) is 42.3. The van der Waals surface area contributed by atoms with Gasteiger partial charge in [0.05, 0.1) is 22.2 Å². The number of imidazole rings is 1. The third-order valence-corrected chi connectivity index (χ3v) is 15.9. The Kier molecular flexibility index (Phi) is 9.87. The SMILES string of the molecule is c1ccc(-c2cccc(N(c3ccc(-c4ccc5c(c4)c4ccc6c7ccc8c9ccccc9c9ccccc9c8c7oc6c4n5-c4nc5ccccc5n4-c4ccccc4)cc3)c3ccccc3-c3ccccc3)c2)cc1. The monoisotopic (exact) mass is 994 g/mol. The zero-order chi connectivity index (χ0) is 51.3. The second-order valence-corrected chi connectivity index (χ2v) is 20.2. The molecule has 0 saturated heterocycles. The number of hydrogen-bond donors (Lipinski definition) is 0. The molecule has 364 valence electrons. The molecule has 0 N–H and O–H groups in total. The van der Waals surface area contributed by atoms with Crippen molar-refractivity contribution < 1.29 is 4.42 Å². The highest BCUT2D eigenvalue weighted by atomic mass is 16.3. The van der Waals surface area contributed by atoms with Crippen LogP contribution < -0.4 is 4.90 Å². The Morgan fingerprint density at radius 1 is 0.321 bits per heavy atom. The molecule has 0 amide bonds. The Morgan fingerprint density at radius 2 is 0.872 bits per heavy atom. The third kappa shape index (κ3) is 6.78. The average molecular weight is 995 g/mol. The van der Waals surface area contributed by atoms with Crippen LogP contribution in [0.3, 0.4) is 0 Å². The van der Waals surface area contributed by atoms with Crippen molar-refractivity contribution in [2.45, 2.75) is 0 Å². The van der Waals surface area contributed by atoms with E-state index in [-0.39, 0.29) is 0 Å². The molecule has 0 spiro atoms. The smallest absolute Gasteiger partial charge is 0.220 e. The lowest BCUT2D eigenvalue weighted by Crippen LogP contribution is -2.11. The number of hydrogen-bond acceptors (Lipinski definition) is 3. The van der Waals surface area contributed by atoms with Gasteiger partial charge in [-0.2, -0.15) is 0 Å². The Hall–Kier alpha value is -10.5. The summed E-state index contributed by atoms with van der Waals surface area (Å²) in [6.45, 7) is 0. The van der Waals surface area contributed by atoms with Crippen LogP contribution in [0, 0.1) is 0 Å². The summed E-state index contributed by atoms with van der Waals surface area (Å²) < 4.78 is 12.1. The number of aromatic nitrogens is 3. The highest BCUT2D eigenvalue weighted by Crippen LogP contribution is 2.47. The van der Waals surface area contributed by atoms with Crippen molar-refractivity contribution in [2.24, 2.45) is 0 Å². The highest BCUT2D eigenvalue weighted by molar-refractivity contribution is 6.33. The Bertz CT molecular complexity index is 4980. The summed E-state index contributed by atoms with van der Waals surface area (Å²) in [4.78, 5) is 7.89. The standard InChI is InChI=1S/C73H46N4O/c1-4-19-47(20-5-1)50-23-18-26-54(45-50)75(66-33-16-14-27-55(66)49-21-6-2-7-22-49)53-38-35-48(36-39-53)51-37-44-67-64(46-51)61-41-43-63-62-42-40-60-58-30-11-10-28-56(58)57-29-12-13-31-59(57)69(60)71(62)78-72(63)70(61)77(67)73-74-65-32-15-17-34-68(65)76(73)52-24-8-3-9-25-52/h1-46H. The van der Waals surface area contributed by atoms with Crippen LogP contribution in [-0.4, -0.2) is 14.1 Å². The molecular weight excluding hydrogens is 949 g/mol. The van der Waals surface area contributed by atoms with Gasteiger partial charge in [0.1, 0.15) is 11.1 Å². The number of para-hydroxylation sites is 4. The normalized spacial score (nSPS) is 11.8. The van der Waals surface area contributed by atoms with Crippen LogP contribution in [0.25, 0.3) is 132 Å². The maximum atomic E-state index is 7.48. The molecule has 0 atom stereocenters. The molecule has 0 aliphatic rings. The summed E-state index contributed by atoms with van der Waals surface area (Å²) in [5.74, 6) is 0.793. The van der Waals surface area contributed by atoms with E-state index in [0.29, 0.717) is 0 Å². The van der Waals surface area contributed by atoms with Crippen molar-refractivity contribution in [2.75, 3.05) is 4.90 Å². The van der Waals surface area contributed by atoms with E-state index >= 15 is 0 Å². The van der Waals surface area contributed by atoms with E-state index in [1.54, 1.807) is 0 Å². The van der Waals surface area contributed by atoms with Crippen LogP contribution in [0.15, 0.2) is 283 Å². The van der Waals surface area contributed by atoms with Crippen molar-refractivity contribution in [3.8, 4) is 45.0 Å². The fourth-order valence-electron chi connectivity index (χ4n) is 12.4. The summed E-state index contributed by atoms with van der Waals surface area (Å²) in [6, 6.07) is 100. The molecule has 0 aliphatic carbocycles. The molecule has 5 heteroatoms. The van der Waals surface area contributed by atoms with Crippen molar-refractivity contribution >= 4 is 104 Å². The molecule has 0 fully saturated rings. The molecule has 16 aromatic rings. The number of benzene rings is 13. The van der Waals surface area contributed by atoms with Gasteiger partial charge in [-0.05, 0) is 134 Å². The quantitative estimate of drug-likeness (QED) is 0.142. The average Bonchev–Trinajstić information content (AvgIpc) is 4.34. The zero-order valence-corrected chi connectivity index (χ0v) is 42.3. The van der Waals surface area contributed by atoms with E-state index in [1.807, 2.05) is 0 Å². The number of fused-ring (bicyclic) bond motifs is 15. The molecule has 3 heterocycles. The molecule has 0 aliphatic heterocycles.